The molecule has 4 rings (SSSR count). The van der Waals surface area contributed by atoms with Crippen LogP contribution < -0.4 is 5.32 Å². The molecule has 4 fully saturated rings. The van der Waals surface area contributed by atoms with Crippen LogP contribution in [0.25, 0.3) is 0 Å². The van der Waals surface area contributed by atoms with Crippen LogP contribution in [0.2, 0.25) is 0 Å². The Bertz CT molecular complexity index is 789. The van der Waals surface area contributed by atoms with Crippen LogP contribution in [-0.2, 0) is 9.53 Å². The molecule has 0 heterocycles. The van der Waals surface area contributed by atoms with Crippen molar-refractivity contribution in [3.05, 3.63) is 0 Å². The van der Waals surface area contributed by atoms with Crippen molar-refractivity contribution in [1.29, 1.82) is 0 Å². The number of carboxylic acids is 1. The van der Waals surface area contributed by atoms with Crippen molar-refractivity contribution in [2.75, 3.05) is 13.2 Å². The first kappa shape index (κ1) is 26.7. The maximum Gasteiger partial charge on any atom is 0.407 e. The molecule has 0 radical (unpaired) electrons. The van der Waals surface area contributed by atoms with E-state index in [1.165, 1.54) is 6.42 Å². The van der Waals surface area contributed by atoms with E-state index in [9.17, 15) is 19.8 Å². The summed E-state index contributed by atoms with van der Waals surface area (Å²) in [7, 11) is 0. The molecule has 0 aromatic carbocycles. The third-order valence-electron chi connectivity index (χ3n) is 11.3. The lowest BCUT2D eigenvalue weighted by Gasteiger charge is -2.64. The first-order valence-electron chi connectivity index (χ1n) is 14.0. The number of nitrogens with one attached hydrogen (secondary N) is 1. The summed E-state index contributed by atoms with van der Waals surface area (Å²) in [6, 6.07) is 0. The van der Waals surface area contributed by atoms with Gasteiger partial charge in [-0.05, 0) is 104 Å². The lowest BCUT2D eigenvalue weighted by atomic mass is 9.41. The number of aliphatic carboxylic acids is 1. The van der Waals surface area contributed by atoms with Gasteiger partial charge in [0.2, 0.25) is 0 Å². The third kappa shape index (κ3) is 4.72. The van der Waals surface area contributed by atoms with E-state index >= 15 is 0 Å². The van der Waals surface area contributed by atoms with Crippen LogP contribution in [0.4, 0.5) is 4.79 Å². The molecule has 200 valence electrons. The molecule has 0 bridgehead atoms. The molecule has 4 saturated carbocycles. The predicted molar refractivity (Wildman–Crippen MR) is 133 cm³/mol. The van der Waals surface area contributed by atoms with Crippen LogP contribution in [0, 0.1) is 52.3 Å². The van der Waals surface area contributed by atoms with E-state index in [1.54, 1.807) is 0 Å². The van der Waals surface area contributed by atoms with Crippen molar-refractivity contribution >= 4 is 12.1 Å². The Morgan fingerprint density at radius 3 is 2.40 bits per heavy atom. The fourth-order valence-corrected chi connectivity index (χ4v) is 9.67. The van der Waals surface area contributed by atoms with Gasteiger partial charge in [-0.15, -0.1) is 0 Å². The molecular formula is C28H47NO6. The van der Waals surface area contributed by atoms with E-state index < -0.39 is 18.6 Å². The molecular weight excluding hydrogens is 446 g/mol. The quantitative estimate of drug-likeness (QED) is 0.416. The molecule has 0 saturated heterocycles. The fourth-order valence-electron chi connectivity index (χ4n) is 9.67. The SMILES string of the molecule is CC[C@H]1[C@@H](O)C2[C@H](CC[C@]3(C)[C@@H]([C@H](C)CCOC(=O)NCC(=O)O)CC[C@@H]23)C2(C)CC[C@@H](O)C[C@@H]12. The number of carboxylic acid groups (broad SMARTS) is 1. The first-order valence-corrected chi connectivity index (χ1v) is 14.0. The number of ether oxygens (including phenoxy) is 1. The molecule has 7 nitrogen and oxygen atoms in total. The normalized spacial score (nSPS) is 45.5. The van der Waals surface area contributed by atoms with Gasteiger partial charge in [0.15, 0.2) is 0 Å². The minimum Gasteiger partial charge on any atom is -0.480 e. The van der Waals surface area contributed by atoms with Gasteiger partial charge < -0.3 is 25.4 Å². The van der Waals surface area contributed by atoms with Gasteiger partial charge in [-0.2, -0.15) is 0 Å². The van der Waals surface area contributed by atoms with Crippen molar-refractivity contribution in [3.8, 4) is 0 Å². The van der Waals surface area contributed by atoms with Gasteiger partial charge in [0.25, 0.3) is 0 Å². The van der Waals surface area contributed by atoms with E-state index in [1.807, 2.05) is 0 Å². The predicted octanol–water partition coefficient (Wildman–Crippen LogP) is 4.45. The number of carbonyl (C=O) groups is 2. The Hall–Kier alpha value is -1.34. The molecule has 4 aliphatic rings. The van der Waals surface area contributed by atoms with Gasteiger partial charge in [-0.25, -0.2) is 4.79 Å². The molecule has 4 N–H and O–H groups in total. The minimum atomic E-state index is -1.09. The Morgan fingerprint density at radius 1 is 1.03 bits per heavy atom. The summed E-state index contributed by atoms with van der Waals surface area (Å²) in [5.74, 6) is 1.91. The Labute approximate surface area is 210 Å². The Morgan fingerprint density at radius 2 is 1.71 bits per heavy atom. The number of rotatable bonds is 7. The van der Waals surface area contributed by atoms with Crippen LogP contribution in [-0.4, -0.2) is 52.7 Å². The summed E-state index contributed by atoms with van der Waals surface area (Å²) in [6.45, 7) is 9.26. The summed E-state index contributed by atoms with van der Waals surface area (Å²) < 4.78 is 5.23. The number of aliphatic hydroxyl groups is 2. The van der Waals surface area contributed by atoms with Crippen LogP contribution in [0.1, 0.15) is 85.5 Å². The van der Waals surface area contributed by atoms with Gasteiger partial charge in [-0.3, -0.25) is 4.79 Å². The molecule has 35 heavy (non-hydrogen) atoms. The highest BCUT2D eigenvalue weighted by molar-refractivity contribution is 5.76. The van der Waals surface area contributed by atoms with Gasteiger partial charge in [-0.1, -0.05) is 34.1 Å². The average Bonchev–Trinajstić information content (AvgIpc) is 3.16. The number of amides is 1. The smallest absolute Gasteiger partial charge is 0.407 e. The highest BCUT2D eigenvalue weighted by atomic mass is 16.5. The molecule has 0 aromatic rings. The molecule has 1 amide bonds. The van der Waals surface area contributed by atoms with Crippen molar-refractivity contribution in [2.45, 2.75) is 97.7 Å². The summed E-state index contributed by atoms with van der Waals surface area (Å²) in [5, 5.41) is 33.2. The maximum absolute atomic E-state index is 11.8. The fraction of sp³-hybridized carbons (Fsp3) is 0.929. The zero-order chi connectivity index (χ0) is 25.5. The van der Waals surface area contributed by atoms with Crippen molar-refractivity contribution in [1.82, 2.24) is 5.32 Å². The Kier molecular flexibility index (Phi) is 7.78. The molecule has 7 heteroatoms. The van der Waals surface area contributed by atoms with E-state index in [0.29, 0.717) is 42.1 Å². The van der Waals surface area contributed by atoms with Crippen molar-refractivity contribution < 1.29 is 29.6 Å². The van der Waals surface area contributed by atoms with E-state index in [4.69, 9.17) is 9.84 Å². The molecule has 4 aliphatic carbocycles. The topological polar surface area (TPSA) is 116 Å². The standard InChI is InChI=1S/C28H47NO6/c1-5-18-22-14-17(30)8-11-28(22,4)21-9-12-27(3)19(6-7-20(27)24(21)25(18)33)16(2)10-13-35-26(34)29-15-23(31)32/h16-22,24-25,30,33H,5-15H2,1-4H3,(H,29,34)(H,31,32)/t16-,17-,18-,19-,20+,21+,22+,24?,25-,27-,28?/m1/s1. The summed E-state index contributed by atoms with van der Waals surface area (Å²) in [4.78, 5) is 22.3. The van der Waals surface area contributed by atoms with Gasteiger partial charge in [0.05, 0.1) is 18.8 Å². The molecule has 0 aromatic heterocycles. The number of aliphatic hydroxyl groups excluding tert-OH is 2. The average molecular weight is 494 g/mol. The van der Waals surface area contributed by atoms with E-state index in [2.05, 4.69) is 33.0 Å². The number of alkyl carbamates (subject to hydrolysis) is 1. The van der Waals surface area contributed by atoms with E-state index in [0.717, 1.165) is 51.4 Å². The molecule has 2 unspecified atom stereocenters. The zero-order valence-corrected chi connectivity index (χ0v) is 22.0. The van der Waals surface area contributed by atoms with Crippen molar-refractivity contribution in [3.63, 3.8) is 0 Å². The van der Waals surface area contributed by atoms with Crippen LogP contribution in [0.15, 0.2) is 0 Å². The zero-order valence-electron chi connectivity index (χ0n) is 22.0. The number of hydrogen-bond donors (Lipinski definition) is 4. The summed E-state index contributed by atoms with van der Waals surface area (Å²) in [5.41, 5.74) is 0.398. The molecule has 0 spiro atoms. The maximum atomic E-state index is 11.8. The summed E-state index contributed by atoms with van der Waals surface area (Å²) >= 11 is 0. The highest BCUT2D eigenvalue weighted by Gasteiger charge is 2.64. The Balaban J connectivity index is 1.45. The third-order valence-corrected chi connectivity index (χ3v) is 11.3. The van der Waals surface area contributed by atoms with Crippen molar-refractivity contribution in [2.24, 2.45) is 52.3 Å². The molecule has 11 atom stereocenters. The number of carbonyl (C=O) groups excluding carboxylic acids is 1. The second-order valence-corrected chi connectivity index (χ2v) is 12.8. The van der Waals surface area contributed by atoms with Crippen LogP contribution >= 0.6 is 0 Å². The number of hydrogen-bond acceptors (Lipinski definition) is 5. The minimum absolute atomic E-state index is 0.183. The van der Waals surface area contributed by atoms with Crippen LogP contribution in [0.5, 0.6) is 0 Å². The molecule has 0 aliphatic heterocycles. The largest absolute Gasteiger partial charge is 0.480 e. The lowest BCUT2D eigenvalue weighted by Crippen LogP contribution is -2.62. The lowest BCUT2D eigenvalue weighted by molar-refractivity contribution is -0.203. The number of fused-ring (bicyclic) bond motifs is 5. The second kappa shape index (κ2) is 10.2. The highest BCUT2D eigenvalue weighted by Crippen LogP contribution is 2.69. The second-order valence-electron chi connectivity index (χ2n) is 12.8. The van der Waals surface area contributed by atoms with Crippen LogP contribution in [0.3, 0.4) is 0 Å². The van der Waals surface area contributed by atoms with Gasteiger partial charge in [0.1, 0.15) is 6.54 Å². The first-order chi connectivity index (χ1) is 16.5. The summed E-state index contributed by atoms with van der Waals surface area (Å²) in [6.07, 6.45) is 8.03. The van der Waals surface area contributed by atoms with Gasteiger partial charge in [0, 0.05) is 0 Å². The van der Waals surface area contributed by atoms with Gasteiger partial charge >= 0.3 is 12.1 Å². The monoisotopic (exact) mass is 493 g/mol. The van der Waals surface area contributed by atoms with E-state index in [-0.39, 0.29) is 29.0 Å².